The van der Waals surface area contributed by atoms with Crippen molar-refractivity contribution in [2.24, 2.45) is 0 Å². The van der Waals surface area contributed by atoms with Gasteiger partial charge in [-0.05, 0) is 42.2 Å². The van der Waals surface area contributed by atoms with E-state index in [1.54, 1.807) is 28.9 Å². The second-order valence-corrected chi connectivity index (χ2v) is 8.59. The maximum Gasteiger partial charge on any atom is 0.305 e. The summed E-state index contributed by atoms with van der Waals surface area (Å²) in [5.74, 6) is -0.642. The van der Waals surface area contributed by atoms with E-state index in [1.165, 1.54) is 11.8 Å². The molecule has 1 aliphatic rings. The Balaban J connectivity index is 1.47. The van der Waals surface area contributed by atoms with E-state index in [-0.39, 0.29) is 18.6 Å². The Morgan fingerprint density at radius 1 is 1.21 bits per heavy atom. The van der Waals surface area contributed by atoms with E-state index in [2.05, 4.69) is 26.8 Å². The minimum absolute atomic E-state index is 0.201. The highest BCUT2D eigenvalue weighted by molar-refractivity contribution is 6.30. The molecule has 0 fully saturated rings. The monoisotopic (exact) mass is 483 g/mol. The number of anilines is 1. The highest BCUT2D eigenvalue weighted by atomic mass is 35.5. The van der Waals surface area contributed by atoms with Crippen molar-refractivity contribution < 1.29 is 19.8 Å². The van der Waals surface area contributed by atoms with E-state index in [9.17, 15) is 19.8 Å². The topological polar surface area (TPSA) is 129 Å². The molecule has 0 saturated carbocycles. The van der Waals surface area contributed by atoms with Crippen LogP contribution in [0.15, 0.2) is 42.6 Å². The Labute approximate surface area is 201 Å². The lowest BCUT2D eigenvalue weighted by Crippen LogP contribution is -2.30. The third-order valence-corrected chi connectivity index (χ3v) is 6.08. The first-order valence-electron chi connectivity index (χ1n) is 11.1. The van der Waals surface area contributed by atoms with Gasteiger partial charge in [0.2, 0.25) is 0 Å². The van der Waals surface area contributed by atoms with Crippen LogP contribution in [-0.4, -0.2) is 43.4 Å². The second kappa shape index (κ2) is 10.7. The number of nitrogens with one attached hydrogen (secondary N) is 2. The molecule has 0 aliphatic carbocycles. The first-order valence-corrected chi connectivity index (χ1v) is 11.5. The Bertz CT molecular complexity index is 1180. The van der Waals surface area contributed by atoms with Gasteiger partial charge in [0.25, 0.3) is 5.91 Å². The standard InChI is InChI=1S/C24H26ClN5O4/c25-17-6-3-15(4-7-17)20(12-22(32)33)29-24(34)19-13-27-30(21(19)14-31)11-9-18-8-5-16-2-1-10-26-23(16)28-18/h3-8,13,20,31H,1-2,9-12,14H2,(H,26,28)(H,29,34)(H,32,33). The van der Waals surface area contributed by atoms with Crippen LogP contribution in [0.5, 0.6) is 0 Å². The van der Waals surface area contributed by atoms with E-state index in [4.69, 9.17) is 11.6 Å². The number of aromatic nitrogens is 3. The first-order chi connectivity index (χ1) is 16.4. The highest BCUT2D eigenvalue weighted by Crippen LogP contribution is 2.22. The number of aryl methyl sites for hydroxylation is 3. The van der Waals surface area contributed by atoms with E-state index >= 15 is 0 Å². The number of carbonyl (C=O) groups is 2. The maximum absolute atomic E-state index is 13.0. The Morgan fingerprint density at radius 2 is 2.00 bits per heavy atom. The molecule has 10 heteroatoms. The number of halogens is 1. The molecule has 178 valence electrons. The van der Waals surface area contributed by atoms with Crippen LogP contribution in [0.2, 0.25) is 5.02 Å². The number of amides is 1. The summed E-state index contributed by atoms with van der Waals surface area (Å²) < 4.78 is 1.58. The Hall–Kier alpha value is -3.43. The highest BCUT2D eigenvalue weighted by Gasteiger charge is 2.23. The van der Waals surface area contributed by atoms with Crippen LogP contribution in [0.4, 0.5) is 5.82 Å². The lowest BCUT2D eigenvalue weighted by molar-refractivity contribution is -0.137. The van der Waals surface area contributed by atoms with Crippen LogP contribution in [0.1, 0.15) is 51.8 Å². The van der Waals surface area contributed by atoms with Crippen molar-refractivity contribution in [2.45, 2.75) is 44.9 Å². The third kappa shape index (κ3) is 5.55. The fraction of sp³-hybridized carbons (Fsp3) is 0.333. The van der Waals surface area contributed by atoms with Gasteiger partial charge in [-0.2, -0.15) is 5.10 Å². The average Bonchev–Trinajstić information content (AvgIpc) is 3.25. The van der Waals surface area contributed by atoms with Crippen LogP contribution in [0.25, 0.3) is 0 Å². The molecule has 0 radical (unpaired) electrons. The van der Waals surface area contributed by atoms with Gasteiger partial charge in [0, 0.05) is 30.2 Å². The van der Waals surface area contributed by atoms with Crippen LogP contribution >= 0.6 is 11.6 Å². The number of hydrogen-bond donors (Lipinski definition) is 4. The van der Waals surface area contributed by atoms with Crippen molar-refractivity contribution in [3.05, 3.63) is 75.7 Å². The van der Waals surface area contributed by atoms with Crippen molar-refractivity contribution in [1.29, 1.82) is 0 Å². The van der Waals surface area contributed by atoms with Gasteiger partial charge in [-0.1, -0.05) is 29.8 Å². The fourth-order valence-electron chi connectivity index (χ4n) is 4.05. The summed E-state index contributed by atoms with van der Waals surface area (Å²) in [7, 11) is 0. The van der Waals surface area contributed by atoms with E-state index in [1.807, 2.05) is 6.07 Å². The molecule has 34 heavy (non-hydrogen) atoms. The fourth-order valence-corrected chi connectivity index (χ4v) is 4.17. The minimum Gasteiger partial charge on any atom is -0.481 e. The Kier molecular flexibility index (Phi) is 7.44. The first kappa shape index (κ1) is 23.7. The van der Waals surface area contributed by atoms with Gasteiger partial charge in [0.1, 0.15) is 5.82 Å². The van der Waals surface area contributed by atoms with Crippen molar-refractivity contribution >= 4 is 29.3 Å². The van der Waals surface area contributed by atoms with Crippen molar-refractivity contribution in [3.8, 4) is 0 Å². The van der Waals surface area contributed by atoms with Gasteiger partial charge in [0.05, 0.1) is 36.5 Å². The molecule has 1 unspecified atom stereocenters. The summed E-state index contributed by atoms with van der Waals surface area (Å²) in [6.45, 7) is 0.964. The molecule has 0 bridgehead atoms. The SMILES string of the molecule is O=C(O)CC(NC(=O)c1cnn(CCc2ccc3c(n2)NCCC3)c1CO)c1ccc(Cl)cc1. The lowest BCUT2D eigenvalue weighted by Gasteiger charge is -2.18. The van der Waals surface area contributed by atoms with Crippen molar-refractivity contribution in [1.82, 2.24) is 20.1 Å². The number of rotatable bonds is 9. The largest absolute Gasteiger partial charge is 0.481 e. The molecule has 2 aromatic heterocycles. The van der Waals surface area contributed by atoms with E-state index < -0.39 is 17.9 Å². The normalized spacial score (nSPS) is 13.6. The number of carbonyl (C=O) groups excluding carboxylic acids is 1. The number of carboxylic acid groups (broad SMARTS) is 1. The molecule has 1 atom stereocenters. The predicted molar refractivity (Wildman–Crippen MR) is 127 cm³/mol. The van der Waals surface area contributed by atoms with Gasteiger partial charge in [-0.15, -0.1) is 0 Å². The number of carboxylic acids is 1. The summed E-state index contributed by atoms with van der Waals surface area (Å²) in [6.07, 6.45) is 3.78. The van der Waals surface area contributed by atoms with Gasteiger partial charge >= 0.3 is 5.97 Å². The van der Waals surface area contributed by atoms with Crippen molar-refractivity contribution in [2.75, 3.05) is 11.9 Å². The average molecular weight is 484 g/mol. The zero-order valence-corrected chi connectivity index (χ0v) is 19.3. The molecule has 3 aromatic rings. The number of pyridine rings is 1. The minimum atomic E-state index is -1.05. The number of nitrogens with zero attached hydrogens (tertiary/aromatic N) is 3. The molecule has 4 N–H and O–H groups in total. The quantitative estimate of drug-likeness (QED) is 0.368. The zero-order chi connectivity index (χ0) is 24.1. The van der Waals surface area contributed by atoms with Crippen LogP contribution in [0, 0.1) is 0 Å². The number of benzene rings is 1. The second-order valence-electron chi connectivity index (χ2n) is 8.15. The van der Waals surface area contributed by atoms with Gasteiger partial charge in [-0.3, -0.25) is 14.3 Å². The molecule has 3 heterocycles. The number of fused-ring (bicyclic) bond motifs is 1. The smallest absolute Gasteiger partial charge is 0.305 e. The molecule has 9 nitrogen and oxygen atoms in total. The van der Waals surface area contributed by atoms with E-state index in [0.717, 1.165) is 30.9 Å². The summed E-state index contributed by atoms with van der Waals surface area (Å²) in [5.41, 5.74) is 3.28. The van der Waals surface area contributed by atoms with Crippen molar-refractivity contribution in [3.63, 3.8) is 0 Å². The van der Waals surface area contributed by atoms with Crippen LogP contribution in [0.3, 0.4) is 0 Å². The van der Waals surface area contributed by atoms with Gasteiger partial charge in [-0.25, -0.2) is 4.98 Å². The number of aliphatic hydroxyl groups is 1. The number of aliphatic carboxylic acids is 1. The summed E-state index contributed by atoms with van der Waals surface area (Å²) >= 11 is 5.92. The molecule has 1 amide bonds. The van der Waals surface area contributed by atoms with Gasteiger partial charge < -0.3 is 20.8 Å². The molecule has 0 spiro atoms. The molecule has 0 saturated heterocycles. The number of hydrogen-bond acceptors (Lipinski definition) is 6. The van der Waals surface area contributed by atoms with E-state index in [0.29, 0.717) is 29.2 Å². The third-order valence-electron chi connectivity index (χ3n) is 5.83. The van der Waals surface area contributed by atoms with Gasteiger partial charge in [0.15, 0.2) is 0 Å². The summed E-state index contributed by atoms with van der Waals surface area (Å²) in [4.78, 5) is 29.0. The zero-order valence-electron chi connectivity index (χ0n) is 18.5. The summed E-state index contributed by atoms with van der Waals surface area (Å²) in [6, 6.07) is 9.94. The number of aliphatic hydroxyl groups excluding tert-OH is 1. The maximum atomic E-state index is 13.0. The molecule has 1 aromatic carbocycles. The molecular formula is C24H26ClN5O4. The summed E-state index contributed by atoms with van der Waals surface area (Å²) in [5, 5.41) is 30.1. The lowest BCUT2D eigenvalue weighted by atomic mass is 10.0. The molecular weight excluding hydrogens is 458 g/mol. The Morgan fingerprint density at radius 3 is 2.74 bits per heavy atom. The molecule has 4 rings (SSSR count). The molecule has 1 aliphatic heterocycles. The van der Waals surface area contributed by atoms with Crippen LogP contribution < -0.4 is 10.6 Å². The van der Waals surface area contributed by atoms with Crippen LogP contribution in [-0.2, 0) is 30.8 Å². The predicted octanol–water partition coefficient (Wildman–Crippen LogP) is 2.97.